The second kappa shape index (κ2) is 5.11. The highest BCUT2D eigenvalue weighted by Gasteiger charge is 2.10. The molecule has 0 spiro atoms. The molecule has 3 heteroatoms. The van der Waals surface area contributed by atoms with Crippen molar-refractivity contribution < 1.29 is 0 Å². The molecule has 2 rings (SSSR count). The summed E-state index contributed by atoms with van der Waals surface area (Å²) >= 11 is 1.74. The lowest BCUT2D eigenvalue weighted by molar-refractivity contribution is 0.866. The van der Waals surface area contributed by atoms with Gasteiger partial charge in [-0.05, 0) is 37.5 Å². The number of hydrogen-bond donors (Lipinski definition) is 0. The summed E-state index contributed by atoms with van der Waals surface area (Å²) in [5.41, 5.74) is 3.69. The van der Waals surface area contributed by atoms with Crippen LogP contribution >= 0.6 is 11.3 Å². The fourth-order valence-electron chi connectivity index (χ4n) is 1.79. The van der Waals surface area contributed by atoms with Crippen LogP contribution in [0.1, 0.15) is 35.9 Å². The molecule has 0 unspecified atom stereocenters. The molecule has 1 aromatic carbocycles. The molecule has 96 valence electrons. The van der Waals surface area contributed by atoms with Gasteiger partial charge in [0.1, 0.15) is 0 Å². The summed E-state index contributed by atoms with van der Waals surface area (Å²) < 4.78 is 0. The van der Waals surface area contributed by atoms with Gasteiger partial charge < -0.3 is 4.90 Å². The van der Waals surface area contributed by atoms with Crippen molar-refractivity contribution >= 4 is 22.2 Å². The van der Waals surface area contributed by atoms with E-state index in [1.54, 1.807) is 11.3 Å². The highest BCUT2D eigenvalue weighted by Crippen LogP contribution is 2.30. The highest BCUT2D eigenvalue weighted by molar-refractivity contribution is 7.15. The van der Waals surface area contributed by atoms with Crippen LogP contribution in [0, 0.1) is 13.8 Å². The number of hydrogen-bond acceptors (Lipinski definition) is 3. The molecule has 1 aromatic heterocycles. The standard InChI is InChI=1S/C15H20N2S/c1-10(2)13-6-8-14(9-7-13)17(5)15-16-11(3)12(4)18-15/h6-10H,1-5H3. The lowest BCUT2D eigenvalue weighted by Crippen LogP contribution is -2.09. The zero-order valence-corrected chi connectivity index (χ0v) is 12.5. The molecule has 0 amide bonds. The van der Waals surface area contributed by atoms with Gasteiger partial charge in [-0.1, -0.05) is 26.0 Å². The van der Waals surface area contributed by atoms with E-state index in [9.17, 15) is 0 Å². The Labute approximate surface area is 113 Å². The van der Waals surface area contributed by atoms with E-state index < -0.39 is 0 Å². The zero-order valence-electron chi connectivity index (χ0n) is 11.7. The summed E-state index contributed by atoms with van der Waals surface area (Å²) in [4.78, 5) is 8.02. The maximum absolute atomic E-state index is 4.59. The molecule has 0 saturated heterocycles. The molecule has 2 aromatic rings. The zero-order chi connectivity index (χ0) is 13.3. The number of aromatic nitrogens is 1. The first kappa shape index (κ1) is 13.1. The van der Waals surface area contributed by atoms with Gasteiger partial charge in [-0.2, -0.15) is 0 Å². The summed E-state index contributed by atoms with van der Waals surface area (Å²) in [6.07, 6.45) is 0. The van der Waals surface area contributed by atoms with Crippen LogP contribution in [-0.4, -0.2) is 12.0 Å². The molecule has 0 aliphatic rings. The van der Waals surface area contributed by atoms with Gasteiger partial charge in [0.15, 0.2) is 5.13 Å². The SMILES string of the molecule is Cc1nc(N(C)c2ccc(C(C)C)cc2)sc1C. The monoisotopic (exact) mass is 260 g/mol. The van der Waals surface area contributed by atoms with Gasteiger partial charge >= 0.3 is 0 Å². The molecule has 1 heterocycles. The Kier molecular flexibility index (Phi) is 3.71. The van der Waals surface area contributed by atoms with Gasteiger partial charge in [0.2, 0.25) is 0 Å². The van der Waals surface area contributed by atoms with Crippen LogP contribution in [0.25, 0.3) is 0 Å². The van der Waals surface area contributed by atoms with Crippen molar-refractivity contribution in [2.45, 2.75) is 33.6 Å². The lowest BCUT2D eigenvalue weighted by atomic mass is 10.0. The summed E-state index contributed by atoms with van der Waals surface area (Å²) in [6, 6.07) is 8.73. The van der Waals surface area contributed by atoms with Crippen molar-refractivity contribution in [3.05, 3.63) is 40.4 Å². The predicted molar refractivity (Wildman–Crippen MR) is 80.2 cm³/mol. The number of anilines is 2. The van der Waals surface area contributed by atoms with Crippen molar-refractivity contribution in [1.82, 2.24) is 4.98 Å². The quantitative estimate of drug-likeness (QED) is 0.798. The van der Waals surface area contributed by atoms with Gasteiger partial charge in [0.25, 0.3) is 0 Å². The Bertz CT molecular complexity index is 506. The maximum atomic E-state index is 4.59. The maximum Gasteiger partial charge on any atom is 0.190 e. The third-order valence-electron chi connectivity index (χ3n) is 3.25. The summed E-state index contributed by atoms with van der Waals surface area (Å²) in [5.74, 6) is 0.578. The van der Waals surface area contributed by atoms with Crippen LogP contribution in [-0.2, 0) is 0 Å². The molecule has 18 heavy (non-hydrogen) atoms. The van der Waals surface area contributed by atoms with E-state index in [0.29, 0.717) is 5.92 Å². The van der Waals surface area contributed by atoms with Gasteiger partial charge in [0.05, 0.1) is 5.69 Å². The number of benzene rings is 1. The number of rotatable bonds is 3. The fourth-order valence-corrected chi connectivity index (χ4v) is 2.68. The van der Waals surface area contributed by atoms with Crippen LogP contribution < -0.4 is 4.90 Å². The molecule has 0 saturated carbocycles. The van der Waals surface area contributed by atoms with Crippen LogP contribution in [0.4, 0.5) is 10.8 Å². The van der Waals surface area contributed by atoms with E-state index in [1.165, 1.54) is 16.1 Å². The Morgan fingerprint density at radius 1 is 1.11 bits per heavy atom. The Balaban J connectivity index is 2.25. The van der Waals surface area contributed by atoms with Crippen molar-refractivity contribution in [3.8, 4) is 0 Å². The van der Waals surface area contributed by atoms with E-state index in [2.05, 4.69) is 68.9 Å². The van der Waals surface area contributed by atoms with E-state index in [4.69, 9.17) is 0 Å². The molecule has 0 atom stereocenters. The molecule has 0 aliphatic heterocycles. The normalized spacial score (nSPS) is 11.0. The number of nitrogens with zero attached hydrogens (tertiary/aromatic N) is 2. The summed E-state index contributed by atoms with van der Waals surface area (Å²) in [7, 11) is 2.07. The smallest absolute Gasteiger partial charge is 0.190 e. The second-order valence-corrected chi connectivity index (χ2v) is 6.12. The third-order valence-corrected chi connectivity index (χ3v) is 4.40. The van der Waals surface area contributed by atoms with Crippen LogP contribution in [0.3, 0.4) is 0 Å². The minimum Gasteiger partial charge on any atom is -0.321 e. The first-order valence-electron chi connectivity index (χ1n) is 6.26. The first-order valence-corrected chi connectivity index (χ1v) is 7.08. The minimum absolute atomic E-state index is 0.578. The molecule has 0 bridgehead atoms. The van der Waals surface area contributed by atoms with Crippen LogP contribution in [0.15, 0.2) is 24.3 Å². The van der Waals surface area contributed by atoms with Gasteiger partial charge in [0, 0.05) is 17.6 Å². The van der Waals surface area contributed by atoms with Crippen molar-refractivity contribution in [2.75, 3.05) is 11.9 Å². The van der Waals surface area contributed by atoms with Crippen LogP contribution in [0.2, 0.25) is 0 Å². The number of aryl methyl sites for hydroxylation is 2. The first-order chi connectivity index (χ1) is 8.49. The van der Waals surface area contributed by atoms with Crippen molar-refractivity contribution in [2.24, 2.45) is 0 Å². The molecular weight excluding hydrogens is 240 g/mol. The largest absolute Gasteiger partial charge is 0.321 e. The highest BCUT2D eigenvalue weighted by atomic mass is 32.1. The van der Waals surface area contributed by atoms with Gasteiger partial charge in [-0.25, -0.2) is 4.98 Å². The average molecular weight is 260 g/mol. The second-order valence-electron chi connectivity index (χ2n) is 4.94. The predicted octanol–water partition coefficient (Wildman–Crippen LogP) is 4.65. The summed E-state index contributed by atoms with van der Waals surface area (Å²) in [5, 5.41) is 1.06. The average Bonchev–Trinajstić information content (AvgIpc) is 2.69. The molecule has 0 aliphatic carbocycles. The minimum atomic E-state index is 0.578. The van der Waals surface area contributed by atoms with Gasteiger partial charge in [-0.15, -0.1) is 11.3 Å². The molecule has 2 nitrogen and oxygen atoms in total. The third kappa shape index (κ3) is 2.56. The molecule has 0 N–H and O–H groups in total. The Morgan fingerprint density at radius 3 is 2.17 bits per heavy atom. The topological polar surface area (TPSA) is 16.1 Å². The van der Waals surface area contributed by atoms with E-state index in [1.807, 2.05) is 0 Å². The molecule has 0 radical (unpaired) electrons. The Hall–Kier alpha value is -1.35. The Morgan fingerprint density at radius 2 is 1.72 bits per heavy atom. The van der Waals surface area contributed by atoms with Gasteiger partial charge in [-0.3, -0.25) is 0 Å². The van der Waals surface area contributed by atoms with Crippen molar-refractivity contribution in [3.63, 3.8) is 0 Å². The van der Waals surface area contributed by atoms with E-state index in [0.717, 1.165) is 10.8 Å². The molecular formula is C15H20N2S. The van der Waals surface area contributed by atoms with E-state index in [-0.39, 0.29) is 0 Å². The van der Waals surface area contributed by atoms with Crippen LogP contribution in [0.5, 0.6) is 0 Å². The fraction of sp³-hybridized carbons (Fsp3) is 0.400. The number of thiazole rings is 1. The van der Waals surface area contributed by atoms with Crippen molar-refractivity contribution in [1.29, 1.82) is 0 Å². The lowest BCUT2D eigenvalue weighted by Gasteiger charge is -2.16. The molecule has 0 fully saturated rings. The van der Waals surface area contributed by atoms with E-state index >= 15 is 0 Å². The summed E-state index contributed by atoms with van der Waals surface area (Å²) in [6.45, 7) is 8.61.